The van der Waals surface area contributed by atoms with Crippen molar-refractivity contribution in [3.63, 3.8) is 0 Å². The van der Waals surface area contributed by atoms with E-state index < -0.39 is 11.7 Å². The Kier molecular flexibility index (Phi) is 6.20. The molecule has 2 heterocycles. The van der Waals surface area contributed by atoms with Gasteiger partial charge in [0.15, 0.2) is 0 Å². The number of nitrogens with zero attached hydrogens (tertiary/aromatic N) is 1. The van der Waals surface area contributed by atoms with E-state index in [1.807, 2.05) is 32.9 Å². The van der Waals surface area contributed by atoms with Crippen molar-refractivity contribution in [2.45, 2.75) is 71.1 Å². The van der Waals surface area contributed by atoms with Gasteiger partial charge >= 0.3 is 6.09 Å². The number of anilines is 2. The molecule has 3 N–H and O–H groups in total. The number of likely N-dealkylation sites (tertiary alicyclic amines) is 1. The maximum absolute atomic E-state index is 12.2. The Bertz CT molecular complexity index is 684. The molecule has 2 aliphatic heterocycles. The van der Waals surface area contributed by atoms with Gasteiger partial charge in [0.1, 0.15) is 5.60 Å². The van der Waals surface area contributed by atoms with Gasteiger partial charge in [-0.1, -0.05) is 6.07 Å². The lowest BCUT2D eigenvalue weighted by atomic mass is 9.94. The first-order chi connectivity index (χ1) is 13.1. The molecule has 28 heavy (non-hydrogen) atoms. The monoisotopic (exact) mass is 388 g/mol. The zero-order valence-corrected chi connectivity index (χ0v) is 18.0. The maximum Gasteiger partial charge on any atom is 0.412 e. The van der Waals surface area contributed by atoms with Crippen molar-refractivity contribution in [2.24, 2.45) is 0 Å². The second kappa shape index (κ2) is 8.29. The van der Waals surface area contributed by atoms with Crippen LogP contribution in [0, 0.1) is 6.92 Å². The number of piperidine rings is 1. The van der Waals surface area contributed by atoms with Crippen LogP contribution in [0.2, 0.25) is 0 Å². The van der Waals surface area contributed by atoms with Crippen LogP contribution in [-0.4, -0.2) is 54.4 Å². The summed E-state index contributed by atoms with van der Waals surface area (Å²) < 4.78 is 5.41. The first-order valence-corrected chi connectivity index (χ1v) is 10.5. The molecule has 3 rings (SSSR count). The number of nitrogens with one attached hydrogen (secondary N) is 3. The lowest BCUT2D eigenvalue weighted by Gasteiger charge is -2.43. The van der Waals surface area contributed by atoms with Crippen molar-refractivity contribution in [3.05, 3.63) is 23.8 Å². The Hall–Kier alpha value is -1.79. The number of rotatable bonds is 4. The Balaban J connectivity index is 1.61. The van der Waals surface area contributed by atoms with Crippen LogP contribution in [0.1, 0.15) is 52.5 Å². The Morgan fingerprint density at radius 3 is 2.57 bits per heavy atom. The van der Waals surface area contributed by atoms with E-state index in [-0.39, 0.29) is 0 Å². The number of hydrogen-bond acceptors (Lipinski definition) is 5. The van der Waals surface area contributed by atoms with E-state index in [1.54, 1.807) is 0 Å². The van der Waals surface area contributed by atoms with Gasteiger partial charge in [-0.2, -0.15) is 0 Å². The molecule has 2 aliphatic rings. The molecule has 0 saturated carbocycles. The molecule has 6 heteroatoms. The van der Waals surface area contributed by atoms with Gasteiger partial charge < -0.3 is 15.4 Å². The number of aryl methyl sites for hydroxylation is 1. The Labute approximate surface area is 169 Å². The van der Waals surface area contributed by atoms with Gasteiger partial charge in [0.05, 0.1) is 11.4 Å². The number of carbonyl (C=O) groups excluding carboxylic acids is 1. The van der Waals surface area contributed by atoms with Crippen molar-refractivity contribution >= 4 is 17.5 Å². The van der Waals surface area contributed by atoms with E-state index >= 15 is 0 Å². The molecular weight excluding hydrogens is 352 g/mol. The molecule has 1 aromatic rings. The third-order valence-corrected chi connectivity index (χ3v) is 5.77. The fraction of sp³-hybridized carbons (Fsp3) is 0.682. The van der Waals surface area contributed by atoms with E-state index in [9.17, 15) is 4.79 Å². The first-order valence-electron chi connectivity index (χ1n) is 10.5. The first kappa shape index (κ1) is 20.9. The molecule has 0 aromatic heterocycles. The van der Waals surface area contributed by atoms with Gasteiger partial charge in [-0.25, -0.2) is 4.79 Å². The predicted molar refractivity (Wildman–Crippen MR) is 115 cm³/mol. The SMILES string of the molecule is Cc1ccc(NC(=O)OC(C)(C)C)c(NC2CCN(C3(C)CCNC3)CC2)c1. The van der Waals surface area contributed by atoms with Crippen molar-refractivity contribution in [2.75, 3.05) is 36.8 Å². The number of hydrogen-bond donors (Lipinski definition) is 3. The summed E-state index contributed by atoms with van der Waals surface area (Å²) in [7, 11) is 0. The second-order valence-corrected chi connectivity index (χ2v) is 9.51. The largest absolute Gasteiger partial charge is 0.444 e. The number of benzene rings is 1. The summed E-state index contributed by atoms with van der Waals surface area (Å²) in [6, 6.07) is 6.47. The highest BCUT2D eigenvalue weighted by atomic mass is 16.6. The van der Waals surface area contributed by atoms with Crippen LogP contribution in [0.3, 0.4) is 0 Å². The average Bonchev–Trinajstić information content (AvgIpc) is 3.04. The molecule has 1 amide bonds. The highest BCUT2D eigenvalue weighted by Gasteiger charge is 2.36. The second-order valence-electron chi connectivity index (χ2n) is 9.51. The zero-order chi connectivity index (χ0) is 20.4. The maximum atomic E-state index is 12.2. The van der Waals surface area contributed by atoms with Crippen LogP contribution in [0.15, 0.2) is 18.2 Å². The highest BCUT2D eigenvalue weighted by molar-refractivity contribution is 5.89. The molecule has 1 unspecified atom stereocenters. The quantitative estimate of drug-likeness (QED) is 0.728. The van der Waals surface area contributed by atoms with Crippen molar-refractivity contribution < 1.29 is 9.53 Å². The fourth-order valence-electron chi connectivity index (χ4n) is 4.16. The summed E-state index contributed by atoms with van der Waals surface area (Å²) in [6.45, 7) is 14.5. The Morgan fingerprint density at radius 1 is 1.25 bits per heavy atom. The summed E-state index contributed by atoms with van der Waals surface area (Å²) in [6.07, 6.45) is 3.02. The highest BCUT2D eigenvalue weighted by Crippen LogP contribution is 2.30. The minimum atomic E-state index is -0.513. The summed E-state index contributed by atoms with van der Waals surface area (Å²) in [5.74, 6) is 0. The molecule has 156 valence electrons. The third kappa shape index (κ3) is 5.39. The van der Waals surface area contributed by atoms with Crippen LogP contribution in [0.5, 0.6) is 0 Å². The van der Waals surface area contributed by atoms with Crippen LogP contribution >= 0.6 is 0 Å². The fourth-order valence-corrected chi connectivity index (χ4v) is 4.16. The molecule has 0 aliphatic carbocycles. The molecule has 0 spiro atoms. The molecule has 1 atom stereocenters. The van der Waals surface area contributed by atoms with E-state index in [0.717, 1.165) is 50.4 Å². The summed E-state index contributed by atoms with van der Waals surface area (Å²) >= 11 is 0. The summed E-state index contributed by atoms with van der Waals surface area (Å²) in [4.78, 5) is 14.8. The van der Waals surface area contributed by atoms with E-state index in [1.165, 1.54) is 12.0 Å². The standard InChI is InChI=1S/C22H36N4O2/c1-16-6-7-18(25-20(27)28-21(2,3)4)19(14-16)24-17-8-12-26(13-9-17)22(5)10-11-23-15-22/h6-7,14,17,23-24H,8-13,15H2,1-5H3,(H,25,27). The number of carbonyl (C=O) groups is 1. The molecule has 1 aromatic carbocycles. The molecule has 0 bridgehead atoms. The van der Waals surface area contributed by atoms with Gasteiger partial charge in [0, 0.05) is 31.2 Å². The molecule has 2 fully saturated rings. The Morgan fingerprint density at radius 2 is 1.96 bits per heavy atom. The van der Waals surface area contributed by atoms with Gasteiger partial charge in [-0.3, -0.25) is 10.2 Å². The zero-order valence-electron chi connectivity index (χ0n) is 18.0. The predicted octanol–water partition coefficient (Wildman–Crippen LogP) is 3.97. The van der Waals surface area contributed by atoms with Crippen molar-refractivity contribution in [1.29, 1.82) is 0 Å². The molecule has 6 nitrogen and oxygen atoms in total. The van der Waals surface area contributed by atoms with E-state index in [2.05, 4.69) is 40.8 Å². The van der Waals surface area contributed by atoms with Gasteiger partial charge in [0.2, 0.25) is 0 Å². The van der Waals surface area contributed by atoms with Crippen LogP contribution in [0.4, 0.5) is 16.2 Å². The lowest BCUT2D eigenvalue weighted by molar-refractivity contribution is 0.0636. The minimum absolute atomic E-state index is 0.303. The van der Waals surface area contributed by atoms with Crippen LogP contribution < -0.4 is 16.0 Å². The summed E-state index contributed by atoms with van der Waals surface area (Å²) in [5, 5.41) is 10.1. The van der Waals surface area contributed by atoms with E-state index in [4.69, 9.17) is 4.74 Å². The number of amides is 1. The summed E-state index contributed by atoms with van der Waals surface area (Å²) in [5.41, 5.74) is 2.70. The number of ether oxygens (including phenoxy) is 1. The molecule has 2 saturated heterocycles. The molecular formula is C22H36N4O2. The third-order valence-electron chi connectivity index (χ3n) is 5.77. The lowest BCUT2D eigenvalue weighted by Crippen LogP contribution is -2.52. The van der Waals surface area contributed by atoms with Gasteiger partial charge in [-0.05, 0) is 78.1 Å². The average molecular weight is 389 g/mol. The van der Waals surface area contributed by atoms with Gasteiger partial charge in [-0.15, -0.1) is 0 Å². The van der Waals surface area contributed by atoms with Crippen molar-refractivity contribution in [1.82, 2.24) is 10.2 Å². The molecule has 0 radical (unpaired) electrons. The minimum Gasteiger partial charge on any atom is -0.444 e. The van der Waals surface area contributed by atoms with E-state index in [0.29, 0.717) is 11.6 Å². The van der Waals surface area contributed by atoms with Gasteiger partial charge in [0.25, 0.3) is 0 Å². The van der Waals surface area contributed by atoms with Crippen LogP contribution in [0.25, 0.3) is 0 Å². The normalized spacial score (nSPS) is 24.2. The van der Waals surface area contributed by atoms with Crippen LogP contribution in [-0.2, 0) is 4.74 Å². The smallest absolute Gasteiger partial charge is 0.412 e. The topological polar surface area (TPSA) is 65.6 Å². The van der Waals surface area contributed by atoms with Crippen molar-refractivity contribution in [3.8, 4) is 0 Å².